The van der Waals surface area contributed by atoms with Crippen LogP contribution in [-0.4, -0.2) is 11.1 Å². The highest BCUT2D eigenvalue weighted by molar-refractivity contribution is 5.76. The van der Waals surface area contributed by atoms with E-state index in [1.807, 2.05) is 84.9 Å². The van der Waals surface area contributed by atoms with Crippen molar-refractivity contribution < 1.29 is 14.6 Å². The van der Waals surface area contributed by atoms with Crippen molar-refractivity contribution in [2.75, 3.05) is 0 Å². The maximum atomic E-state index is 11.6. The molecule has 3 rings (SSSR count). The van der Waals surface area contributed by atoms with Crippen LogP contribution < -0.4 is 4.74 Å². The molecule has 126 valence electrons. The van der Waals surface area contributed by atoms with Crippen LogP contribution in [0.3, 0.4) is 0 Å². The van der Waals surface area contributed by atoms with E-state index in [0.717, 1.165) is 22.4 Å². The number of rotatable bonds is 7. The monoisotopic (exact) mass is 332 g/mol. The van der Waals surface area contributed by atoms with Crippen LogP contribution in [0.4, 0.5) is 0 Å². The van der Waals surface area contributed by atoms with E-state index in [9.17, 15) is 9.90 Å². The molecule has 0 aliphatic heterocycles. The minimum absolute atomic E-state index is 0.457. The Bertz CT molecular complexity index is 796. The first kappa shape index (κ1) is 16.8. The molecule has 0 saturated heterocycles. The summed E-state index contributed by atoms with van der Waals surface area (Å²) in [5.41, 5.74) is 2.91. The fourth-order valence-corrected chi connectivity index (χ4v) is 2.73. The molecule has 0 aromatic heterocycles. The van der Waals surface area contributed by atoms with Crippen molar-refractivity contribution in [2.24, 2.45) is 0 Å². The van der Waals surface area contributed by atoms with Gasteiger partial charge in [-0.05, 0) is 35.2 Å². The third-order valence-corrected chi connectivity index (χ3v) is 4.11. The number of carboxylic acid groups (broad SMARTS) is 1. The number of hydrogen-bond donors (Lipinski definition) is 1. The molecule has 3 heteroatoms. The first-order valence-corrected chi connectivity index (χ1v) is 8.26. The zero-order valence-corrected chi connectivity index (χ0v) is 13.8. The van der Waals surface area contributed by atoms with Crippen LogP contribution in [0.1, 0.15) is 22.6 Å². The molecule has 0 spiro atoms. The molecule has 0 fully saturated rings. The molecule has 0 radical (unpaired) electrons. The topological polar surface area (TPSA) is 46.5 Å². The summed E-state index contributed by atoms with van der Waals surface area (Å²) >= 11 is 0. The summed E-state index contributed by atoms with van der Waals surface area (Å²) in [5.74, 6) is -0.577. The van der Waals surface area contributed by atoms with Gasteiger partial charge in [0.15, 0.2) is 0 Å². The van der Waals surface area contributed by atoms with E-state index in [2.05, 4.69) is 0 Å². The molecule has 0 aliphatic carbocycles. The van der Waals surface area contributed by atoms with Crippen LogP contribution in [0.25, 0.3) is 0 Å². The first-order valence-electron chi connectivity index (χ1n) is 8.26. The SMILES string of the molecule is O=C(O)C(Cc1ccc(OCc2ccccc2)cc1)c1ccccc1. The van der Waals surface area contributed by atoms with Crippen LogP contribution in [0.5, 0.6) is 5.75 Å². The Kier molecular flexibility index (Phi) is 5.47. The summed E-state index contributed by atoms with van der Waals surface area (Å²) in [4.78, 5) is 11.6. The maximum Gasteiger partial charge on any atom is 0.311 e. The van der Waals surface area contributed by atoms with Gasteiger partial charge in [-0.3, -0.25) is 4.79 Å². The second-order valence-corrected chi connectivity index (χ2v) is 5.92. The number of aliphatic carboxylic acids is 1. The third-order valence-electron chi connectivity index (χ3n) is 4.11. The molecule has 0 bridgehead atoms. The van der Waals surface area contributed by atoms with Gasteiger partial charge >= 0.3 is 5.97 Å². The number of benzene rings is 3. The lowest BCUT2D eigenvalue weighted by molar-refractivity contribution is -0.138. The first-order chi connectivity index (χ1) is 12.2. The smallest absolute Gasteiger partial charge is 0.311 e. The minimum atomic E-state index is -0.810. The van der Waals surface area contributed by atoms with Crippen molar-refractivity contribution in [3.63, 3.8) is 0 Å². The Balaban J connectivity index is 1.64. The average Bonchev–Trinajstić information content (AvgIpc) is 2.66. The maximum absolute atomic E-state index is 11.6. The molecule has 1 unspecified atom stereocenters. The van der Waals surface area contributed by atoms with Gasteiger partial charge in [0, 0.05) is 0 Å². The average molecular weight is 332 g/mol. The fraction of sp³-hybridized carbons (Fsp3) is 0.136. The number of hydrogen-bond acceptors (Lipinski definition) is 2. The van der Waals surface area contributed by atoms with E-state index in [4.69, 9.17) is 4.74 Å². The minimum Gasteiger partial charge on any atom is -0.489 e. The molecule has 1 atom stereocenters. The normalized spacial score (nSPS) is 11.7. The van der Waals surface area contributed by atoms with E-state index < -0.39 is 11.9 Å². The van der Waals surface area contributed by atoms with Crippen molar-refractivity contribution >= 4 is 5.97 Å². The standard InChI is InChI=1S/C22H20O3/c23-22(24)21(19-9-5-2-6-10-19)15-17-11-13-20(14-12-17)25-16-18-7-3-1-4-8-18/h1-14,21H,15-16H2,(H,23,24). The predicted octanol–water partition coefficient (Wildman–Crippen LogP) is 4.68. The summed E-state index contributed by atoms with van der Waals surface area (Å²) in [6, 6.07) is 27.0. The Morgan fingerprint density at radius 3 is 2.00 bits per heavy atom. The molecule has 0 aliphatic rings. The van der Waals surface area contributed by atoms with Crippen molar-refractivity contribution in [3.05, 3.63) is 102 Å². The third kappa shape index (κ3) is 4.70. The van der Waals surface area contributed by atoms with Gasteiger partial charge in [-0.1, -0.05) is 72.8 Å². The zero-order chi connectivity index (χ0) is 17.5. The van der Waals surface area contributed by atoms with Gasteiger partial charge in [0.25, 0.3) is 0 Å². The summed E-state index contributed by atoms with van der Waals surface area (Å²) in [6.07, 6.45) is 0.457. The van der Waals surface area contributed by atoms with E-state index in [1.165, 1.54) is 0 Å². The zero-order valence-electron chi connectivity index (χ0n) is 13.8. The van der Waals surface area contributed by atoms with E-state index in [0.29, 0.717) is 13.0 Å². The highest BCUT2D eigenvalue weighted by Gasteiger charge is 2.19. The van der Waals surface area contributed by atoms with Gasteiger partial charge in [-0.2, -0.15) is 0 Å². The van der Waals surface area contributed by atoms with Crippen LogP contribution in [0.15, 0.2) is 84.9 Å². The summed E-state index contributed by atoms with van der Waals surface area (Å²) in [5, 5.41) is 9.53. The van der Waals surface area contributed by atoms with Crippen LogP contribution in [0, 0.1) is 0 Å². The molecular formula is C22H20O3. The lowest BCUT2D eigenvalue weighted by Crippen LogP contribution is -2.14. The van der Waals surface area contributed by atoms with Crippen molar-refractivity contribution in [2.45, 2.75) is 18.9 Å². The molecule has 3 aromatic carbocycles. The molecule has 3 aromatic rings. The lowest BCUT2D eigenvalue weighted by atomic mass is 9.92. The van der Waals surface area contributed by atoms with Gasteiger partial charge in [0.1, 0.15) is 12.4 Å². The molecular weight excluding hydrogens is 312 g/mol. The van der Waals surface area contributed by atoms with Gasteiger partial charge in [-0.15, -0.1) is 0 Å². The van der Waals surface area contributed by atoms with Crippen molar-refractivity contribution in [3.8, 4) is 5.75 Å². The van der Waals surface area contributed by atoms with Gasteiger partial charge in [0.2, 0.25) is 0 Å². The van der Waals surface area contributed by atoms with Gasteiger partial charge in [-0.25, -0.2) is 0 Å². The van der Waals surface area contributed by atoms with Crippen LogP contribution in [0.2, 0.25) is 0 Å². The molecule has 0 heterocycles. The number of ether oxygens (including phenoxy) is 1. The van der Waals surface area contributed by atoms with E-state index >= 15 is 0 Å². The second-order valence-electron chi connectivity index (χ2n) is 5.92. The Morgan fingerprint density at radius 2 is 1.40 bits per heavy atom. The largest absolute Gasteiger partial charge is 0.489 e. The number of carbonyl (C=O) groups is 1. The Morgan fingerprint density at radius 1 is 0.800 bits per heavy atom. The lowest BCUT2D eigenvalue weighted by Gasteiger charge is -2.13. The second kappa shape index (κ2) is 8.15. The molecule has 1 N–H and O–H groups in total. The molecule has 3 nitrogen and oxygen atoms in total. The summed E-state index contributed by atoms with van der Waals surface area (Å²) in [7, 11) is 0. The van der Waals surface area contributed by atoms with Crippen molar-refractivity contribution in [1.29, 1.82) is 0 Å². The Labute approximate surface area is 147 Å². The Hall–Kier alpha value is -3.07. The summed E-state index contributed by atoms with van der Waals surface area (Å²) in [6.45, 7) is 0.516. The molecule has 0 amide bonds. The predicted molar refractivity (Wildman–Crippen MR) is 97.7 cm³/mol. The van der Waals surface area contributed by atoms with Crippen LogP contribution in [-0.2, 0) is 17.8 Å². The molecule has 0 saturated carbocycles. The van der Waals surface area contributed by atoms with E-state index in [-0.39, 0.29) is 0 Å². The van der Waals surface area contributed by atoms with E-state index in [1.54, 1.807) is 0 Å². The quantitative estimate of drug-likeness (QED) is 0.683. The van der Waals surface area contributed by atoms with Gasteiger partial charge < -0.3 is 9.84 Å². The summed E-state index contributed by atoms with van der Waals surface area (Å²) < 4.78 is 5.77. The highest BCUT2D eigenvalue weighted by atomic mass is 16.5. The molecule has 25 heavy (non-hydrogen) atoms. The highest BCUT2D eigenvalue weighted by Crippen LogP contribution is 2.23. The van der Waals surface area contributed by atoms with Gasteiger partial charge in [0.05, 0.1) is 5.92 Å². The fourth-order valence-electron chi connectivity index (χ4n) is 2.73. The number of carboxylic acids is 1. The van der Waals surface area contributed by atoms with Crippen molar-refractivity contribution in [1.82, 2.24) is 0 Å². The van der Waals surface area contributed by atoms with Crippen LogP contribution >= 0.6 is 0 Å².